The first-order chi connectivity index (χ1) is 11.6. The van der Waals surface area contributed by atoms with Crippen molar-refractivity contribution in [1.29, 1.82) is 0 Å². The Morgan fingerprint density at radius 3 is 3.17 bits per heavy atom. The zero-order valence-corrected chi connectivity index (χ0v) is 14.8. The van der Waals surface area contributed by atoms with Gasteiger partial charge in [0.2, 0.25) is 0 Å². The first-order valence-corrected chi connectivity index (χ1v) is 9.13. The molecule has 1 N–H and O–H groups in total. The molecule has 0 spiro atoms. The number of carbonyl (C=O) groups excluding carboxylic acids is 1. The summed E-state index contributed by atoms with van der Waals surface area (Å²) in [5, 5.41) is 5.35. The van der Waals surface area contributed by atoms with Crippen LogP contribution in [0.15, 0.2) is 23.7 Å². The molecule has 0 radical (unpaired) electrons. The molecule has 1 saturated heterocycles. The van der Waals surface area contributed by atoms with Gasteiger partial charge in [-0.15, -0.1) is 11.3 Å². The number of rotatable bonds is 6. The van der Waals surface area contributed by atoms with Crippen LogP contribution in [0.25, 0.3) is 11.4 Å². The van der Waals surface area contributed by atoms with Crippen molar-refractivity contribution in [2.45, 2.75) is 38.4 Å². The van der Waals surface area contributed by atoms with Crippen LogP contribution in [-0.4, -0.2) is 40.9 Å². The molecular weight excluding hydrogens is 326 g/mol. The lowest BCUT2D eigenvalue weighted by Gasteiger charge is -2.23. The van der Waals surface area contributed by atoms with Crippen LogP contribution in [0.4, 0.5) is 5.13 Å². The Bertz CT molecular complexity index is 676. The monoisotopic (exact) mass is 349 g/mol. The van der Waals surface area contributed by atoms with E-state index in [2.05, 4.69) is 10.3 Å². The predicted molar refractivity (Wildman–Crippen MR) is 94.2 cm³/mol. The Labute approximate surface area is 145 Å². The van der Waals surface area contributed by atoms with Crippen molar-refractivity contribution >= 4 is 22.4 Å². The van der Waals surface area contributed by atoms with E-state index in [1.807, 2.05) is 35.3 Å². The molecule has 3 rings (SSSR count). The Morgan fingerprint density at radius 2 is 2.46 bits per heavy atom. The van der Waals surface area contributed by atoms with Gasteiger partial charge in [-0.3, -0.25) is 10.1 Å². The summed E-state index contributed by atoms with van der Waals surface area (Å²) < 4.78 is 13.3. The van der Waals surface area contributed by atoms with E-state index < -0.39 is 6.10 Å². The fraction of sp³-hybridized carbons (Fsp3) is 0.529. The van der Waals surface area contributed by atoms with Crippen molar-refractivity contribution < 1.29 is 14.3 Å². The van der Waals surface area contributed by atoms with Crippen LogP contribution in [0.2, 0.25) is 0 Å². The summed E-state index contributed by atoms with van der Waals surface area (Å²) >= 11 is 1.41. The third-order valence-electron chi connectivity index (χ3n) is 4.12. The van der Waals surface area contributed by atoms with E-state index in [4.69, 9.17) is 9.47 Å². The van der Waals surface area contributed by atoms with Gasteiger partial charge in [-0.05, 0) is 38.3 Å². The molecule has 2 aromatic heterocycles. The topological polar surface area (TPSA) is 65.4 Å². The van der Waals surface area contributed by atoms with Gasteiger partial charge in [-0.2, -0.15) is 0 Å². The minimum Gasteiger partial charge on any atom is -0.376 e. The van der Waals surface area contributed by atoms with Crippen LogP contribution < -0.4 is 5.32 Å². The maximum Gasteiger partial charge on any atom is 0.254 e. The number of anilines is 1. The zero-order chi connectivity index (χ0) is 16.9. The molecule has 24 heavy (non-hydrogen) atoms. The number of nitrogens with one attached hydrogen (secondary N) is 1. The lowest BCUT2D eigenvalue weighted by molar-refractivity contribution is -0.130. The van der Waals surface area contributed by atoms with Gasteiger partial charge in [0.15, 0.2) is 5.13 Å². The number of aromatic nitrogens is 2. The molecule has 130 valence electrons. The van der Waals surface area contributed by atoms with Crippen LogP contribution >= 0.6 is 11.3 Å². The summed E-state index contributed by atoms with van der Waals surface area (Å²) in [6.07, 6.45) is 4.82. The molecule has 0 aliphatic carbocycles. The number of aryl methyl sites for hydroxylation is 1. The van der Waals surface area contributed by atoms with Gasteiger partial charge < -0.3 is 14.0 Å². The largest absolute Gasteiger partial charge is 0.376 e. The summed E-state index contributed by atoms with van der Waals surface area (Å²) in [6.45, 7) is 3.00. The van der Waals surface area contributed by atoms with Gasteiger partial charge in [-0.1, -0.05) is 0 Å². The summed E-state index contributed by atoms with van der Waals surface area (Å²) in [6, 6.07) is 3.97. The molecule has 1 aliphatic rings. The third kappa shape index (κ3) is 4.23. The molecule has 2 unspecified atom stereocenters. The number of carbonyl (C=O) groups is 1. The van der Waals surface area contributed by atoms with Gasteiger partial charge in [0, 0.05) is 25.2 Å². The molecule has 0 saturated carbocycles. The summed E-state index contributed by atoms with van der Waals surface area (Å²) in [4.78, 5) is 16.7. The highest BCUT2D eigenvalue weighted by molar-refractivity contribution is 7.14. The molecule has 2 atom stereocenters. The lowest BCUT2D eigenvalue weighted by Crippen LogP contribution is -2.32. The van der Waals surface area contributed by atoms with E-state index >= 15 is 0 Å². The Morgan fingerprint density at radius 1 is 1.58 bits per heavy atom. The minimum atomic E-state index is -0.530. The van der Waals surface area contributed by atoms with Crippen molar-refractivity contribution in [3.63, 3.8) is 0 Å². The van der Waals surface area contributed by atoms with Crippen LogP contribution in [0.1, 0.15) is 26.2 Å². The minimum absolute atomic E-state index is 0.109. The molecule has 3 heterocycles. The Balaban J connectivity index is 1.51. The van der Waals surface area contributed by atoms with Crippen LogP contribution in [0.5, 0.6) is 0 Å². The molecule has 1 amide bonds. The average molecular weight is 349 g/mol. The van der Waals surface area contributed by atoms with Gasteiger partial charge in [0.05, 0.1) is 24.1 Å². The fourth-order valence-electron chi connectivity index (χ4n) is 2.65. The van der Waals surface area contributed by atoms with E-state index in [-0.39, 0.29) is 12.0 Å². The Kier molecular flexibility index (Phi) is 5.65. The molecule has 6 nitrogen and oxygen atoms in total. The second-order valence-corrected chi connectivity index (χ2v) is 6.85. The average Bonchev–Trinajstić information content (AvgIpc) is 3.22. The Hall–Kier alpha value is -1.70. The number of hydrogen-bond acceptors (Lipinski definition) is 5. The third-order valence-corrected chi connectivity index (χ3v) is 4.87. The van der Waals surface area contributed by atoms with Crippen molar-refractivity contribution in [2.75, 3.05) is 18.5 Å². The highest BCUT2D eigenvalue weighted by Crippen LogP contribution is 2.25. The summed E-state index contributed by atoms with van der Waals surface area (Å²) in [5.41, 5.74) is 1.87. The smallest absolute Gasteiger partial charge is 0.254 e. The van der Waals surface area contributed by atoms with Gasteiger partial charge in [-0.25, -0.2) is 4.98 Å². The maximum absolute atomic E-state index is 12.2. The van der Waals surface area contributed by atoms with E-state index in [0.717, 1.165) is 37.3 Å². The van der Waals surface area contributed by atoms with Gasteiger partial charge in [0.25, 0.3) is 5.91 Å². The highest BCUT2D eigenvalue weighted by Gasteiger charge is 2.20. The van der Waals surface area contributed by atoms with E-state index in [9.17, 15) is 4.79 Å². The zero-order valence-electron chi connectivity index (χ0n) is 14.0. The molecule has 0 bridgehead atoms. The van der Waals surface area contributed by atoms with E-state index in [0.29, 0.717) is 11.7 Å². The summed E-state index contributed by atoms with van der Waals surface area (Å²) in [5.74, 6) is -0.182. The van der Waals surface area contributed by atoms with Gasteiger partial charge >= 0.3 is 0 Å². The quantitative estimate of drug-likeness (QED) is 0.870. The highest BCUT2D eigenvalue weighted by atomic mass is 32.1. The van der Waals surface area contributed by atoms with Crippen LogP contribution in [-0.2, 0) is 21.3 Å². The molecule has 7 heteroatoms. The van der Waals surface area contributed by atoms with Crippen LogP contribution in [0, 0.1) is 0 Å². The molecular formula is C17H23N3O3S. The first-order valence-electron chi connectivity index (χ1n) is 8.25. The van der Waals surface area contributed by atoms with Crippen molar-refractivity contribution in [2.24, 2.45) is 7.05 Å². The molecule has 1 fully saturated rings. The normalized spacial score (nSPS) is 19.2. The first kappa shape index (κ1) is 17.1. The molecule has 1 aliphatic heterocycles. The lowest BCUT2D eigenvalue weighted by atomic mass is 10.1. The molecule has 0 aromatic carbocycles. The SMILES string of the molecule is CC(OCC1CCCCO1)C(=O)Nc1nc(-c2cccn2C)cs1. The number of nitrogens with zero attached hydrogens (tertiary/aromatic N) is 2. The standard InChI is InChI=1S/C17H23N3O3S/c1-12(23-10-13-6-3-4-9-22-13)16(21)19-17-18-14(11-24-17)15-7-5-8-20(15)2/h5,7-8,11-13H,3-4,6,9-10H2,1-2H3,(H,18,19,21). The second kappa shape index (κ2) is 7.92. The maximum atomic E-state index is 12.2. The predicted octanol–water partition coefficient (Wildman–Crippen LogP) is 3.06. The number of amides is 1. The second-order valence-electron chi connectivity index (χ2n) is 6.00. The molecule has 2 aromatic rings. The van der Waals surface area contributed by atoms with Crippen molar-refractivity contribution in [1.82, 2.24) is 9.55 Å². The van der Waals surface area contributed by atoms with Gasteiger partial charge in [0.1, 0.15) is 6.10 Å². The summed E-state index contributed by atoms with van der Waals surface area (Å²) in [7, 11) is 1.97. The van der Waals surface area contributed by atoms with E-state index in [1.165, 1.54) is 11.3 Å². The van der Waals surface area contributed by atoms with E-state index in [1.54, 1.807) is 6.92 Å². The van der Waals surface area contributed by atoms with Crippen LogP contribution in [0.3, 0.4) is 0 Å². The number of thiazole rings is 1. The fourth-order valence-corrected chi connectivity index (χ4v) is 3.36. The van der Waals surface area contributed by atoms with Crippen molar-refractivity contribution in [3.05, 3.63) is 23.7 Å². The number of hydrogen-bond donors (Lipinski definition) is 1. The number of ether oxygens (including phenoxy) is 2. The van der Waals surface area contributed by atoms with Crippen molar-refractivity contribution in [3.8, 4) is 11.4 Å².